The van der Waals surface area contributed by atoms with E-state index in [-0.39, 0.29) is 5.82 Å². The lowest BCUT2D eigenvalue weighted by atomic mass is 9.97. The standard InChI is InChI=1S/C20H26FN5S/c1-14-13-18(23-17-11-9-15(21)10-12-17)25-19(22-14)26-20(27)24-16-7-5-3-2-4-6-8-16/h9-13,16H,2-8H2,1H3,(H3,22,23,24,25,26,27). The van der Waals surface area contributed by atoms with Crippen molar-refractivity contribution in [1.29, 1.82) is 0 Å². The van der Waals surface area contributed by atoms with Crippen LogP contribution in [0.4, 0.5) is 21.8 Å². The number of thiocarbonyl (C=S) groups is 1. The van der Waals surface area contributed by atoms with Crippen LogP contribution in [0, 0.1) is 12.7 Å². The van der Waals surface area contributed by atoms with Gasteiger partial charge in [-0.3, -0.25) is 0 Å². The maximum atomic E-state index is 13.1. The molecule has 27 heavy (non-hydrogen) atoms. The second kappa shape index (κ2) is 9.60. The Morgan fingerprint density at radius 2 is 1.70 bits per heavy atom. The minimum absolute atomic E-state index is 0.271. The molecule has 0 atom stereocenters. The number of halogens is 1. The van der Waals surface area contributed by atoms with Crippen molar-refractivity contribution in [3.05, 3.63) is 41.8 Å². The number of nitrogens with one attached hydrogen (secondary N) is 3. The topological polar surface area (TPSA) is 61.9 Å². The fourth-order valence-electron chi connectivity index (χ4n) is 3.29. The maximum Gasteiger partial charge on any atom is 0.231 e. The number of hydrogen-bond acceptors (Lipinski definition) is 4. The van der Waals surface area contributed by atoms with Crippen molar-refractivity contribution >= 4 is 34.8 Å². The highest BCUT2D eigenvalue weighted by molar-refractivity contribution is 7.80. The van der Waals surface area contributed by atoms with E-state index in [1.54, 1.807) is 12.1 Å². The minimum atomic E-state index is -0.271. The van der Waals surface area contributed by atoms with Gasteiger partial charge in [0.25, 0.3) is 0 Å². The highest BCUT2D eigenvalue weighted by Crippen LogP contribution is 2.19. The fourth-order valence-corrected chi connectivity index (χ4v) is 3.55. The number of anilines is 3. The average molecular weight is 388 g/mol. The summed E-state index contributed by atoms with van der Waals surface area (Å²) in [5.41, 5.74) is 1.57. The Kier molecular flexibility index (Phi) is 6.92. The average Bonchev–Trinajstić information content (AvgIpc) is 2.59. The molecule has 0 spiro atoms. The smallest absolute Gasteiger partial charge is 0.231 e. The molecule has 3 rings (SSSR count). The summed E-state index contributed by atoms with van der Waals surface area (Å²) in [7, 11) is 0. The molecule has 2 aromatic rings. The van der Waals surface area contributed by atoms with Gasteiger partial charge in [-0.1, -0.05) is 32.1 Å². The van der Waals surface area contributed by atoms with Gasteiger partial charge in [-0.15, -0.1) is 0 Å². The number of aryl methyl sites for hydroxylation is 1. The van der Waals surface area contributed by atoms with Gasteiger partial charge in [0.1, 0.15) is 11.6 Å². The summed E-state index contributed by atoms with van der Waals surface area (Å²) in [5.74, 6) is 0.806. The van der Waals surface area contributed by atoms with Crippen LogP contribution in [-0.4, -0.2) is 21.1 Å². The van der Waals surface area contributed by atoms with E-state index in [0.717, 1.165) is 24.2 Å². The van der Waals surface area contributed by atoms with E-state index in [1.165, 1.54) is 44.2 Å². The summed E-state index contributed by atoms with van der Waals surface area (Å²) < 4.78 is 13.1. The fraction of sp³-hybridized carbons (Fsp3) is 0.450. The van der Waals surface area contributed by atoms with Gasteiger partial charge in [0.2, 0.25) is 5.95 Å². The number of nitrogens with zero attached hydrogens (tertiary/aromatic N) is 2. The van der Waals surface area contributed by atoms with Gasteiger partial charge in [0.05, 0.1) is 0 Å². The first-order valence-electron chi connectivity index (χ1n) is 9.54. The number of hydrogen-bond donors (Lipinski definition) is 3. The molecule has 3 N–H and O–H groups in total. The van der Waals surface area contributed by atoms with Crippen LogP contribution in [0.5, 0.6) is 0 Å². The first-order chi connectivity index (χ1) is 13.1. The van der Waals surface area contributed by atoms with Crippen LogP contribution in [0.3, 0.4) is 0 Å². The lowest BCUT2D eigenvalue weighted by Gasteiger charge is -2.22. The molecular formula is C20H26FN5S. The molecule has 1 fully saturated rings. The Labute approximate surface area is 165 Å². The lowest BCUT2D eigenvalue weighted by molar-refractivity contribution is 0.429. The molecular weight excluding hydrogens is 361 g/mol. The molecule has 0 radical (unpaired) electrons. The predicted octanol–water partition coefficient (Wildman–Crippen LogP) is 5.07. The Balaban J connectivity index is 1.61. The van der Waals surface area contributed by atoms with E-state index in [4.69, 9.17) is 12.2 Å². The van der Waals surface area contributed by atoms with Crippen LogP contribution in [0.15, 0.2) is 30.3 Å². The van der Waals surface area contributed by atoms with Crippen LogP contribution >= 0.6 is 12.2 Å². The quantitative estimate of drug-likeness (QED) is 0.637. The monoisotopic (exact) mass is 387 g/mol. The van der Waals surface area contributed by atoms with E-state index in [1.807, 2.05) is 13.0 Å². The van der Waals surface area contributed by atoms with Crippen molar-refractivity contribution in [2.75, 3.05) is 10.6 Å². The van der Waals surface area contributed by atoms with Crippen LogP contribution in [0.1, 0.15) is 50.6 Å². The lowest BCUT2D eigenvalue weighted by Crippen LogP contribution is -2.38. The molecule has 144 valence electrons. The highest BCUT2D eigenvalue weighted by atomic mass is 32.1. The number of aromatic nitrogens is 2. The van der Waals surface area contributed by atoms with Gasteiger partial charge in [-0.05, 0) is 56.2 Å². The highest BCUT2D eigenvalue weighted by Gasteiger charge is 2.13. The molecule has 0 unspecified atom stereocenters. The van der Waals surface area contributed by atoms with Gasteiger partial charge in [0.15, 0.2) is 5.11 Å². The molecule has 1 aromatic carbocycles. The van der Waals surface area contributed by atoms with Crippen LogP contribution in [-0.2, 0) is 0 Å². The number of rotatable bonds is 4. The first kappa shape index (κ1) is 19.5. The molecule has 1 aromatic heterocycles. The molecule has 1 aliphatic carbocycles. The summed E-state index contributed by atoms with van der Waals surface area (Å²) >= 11 is 5.46. The van der Waals surface area contributed by atoms with Crippen molar-refractivity contribution in [1.82, 2.24) is 15.3 Å². The summed E-state index contributed by atoms with van der Waals surface area (Å²) in [6.45, 7) is 1.90. The summed E-state index contributed by atoms with van der Waals surface area (Å²) in [4.78, 5) is 8.87. The van der Waals surface area contributed by atoms with Gasteiger partial charge in [-0.2, -0.15) is 4.98 Å². The first-order valence-corrected chi connectivity index (χ1v) is 9.95. The zero-order valence-corrected chi connectivity index (χ0v) is 16.4. The molecule has 1 saturated carbocycles. The molecule has 0 bridgehead atoms. The molecule has 7 heteroatoms. The van der Waals surface area contributed by atoms with Crippen LogP contribution in [0.2, 0.25) is 0 Å². The second-order valence-corrected chi connectivity index (χ2v) is 7.40. The van der Waals surface area contributed by atoms with Crippen molar-refractivity contribution in [2.45, 2.75) is 57.9 Å². The minimum Gasteiger partial charge on any atom is -0.360 e. The molecule has 0 amide bonds. The third-order valence-electron chi connectivity index (χ3n) is 4.64. The van der Waals surface area contributed by atoms with E-state index >= 15 is 0 Å². The summed E-state index contributed by atoms with van der Waals surface area (Å²) in [6, 6.07) is 8.39. The van der Waals surface area contributed by atoms with Gasteiger partial charge in [0, 0.05) is 23.5 Å². The van der Waals surface area contributed by atoms with Gasteiger partial charge >= 0.3 is 0 Å². The molecule has 5 nitrogen and oxygen atoms in total. The van der Waals surface area contributed by atoms with Crippen molar-refractivity contribution in [3.63, 3.8) is 0 Å². The maximum absolute atomic E-state index is 13.1. The third-order valence-corrected chi connectivity index (χ3v) is 4.86. The predicted molar refractivity (Wildman–Crippen MR) is 112 cm³/mol. The van der Waals surface area contributed by atoms with Gasteiger partial charge in [-0.25, -0.2) is 9.37 Å². The summed E-state index contributed by atoms with van der Waals surface area (Å²) in [6.07, 6.45) is 8.73. The number of benzene rings is 1. The normalized spacial score (nSPS) is 15.5. The SMILES string of the molecule is Cc1cc(Nc2ccc(F)cc2)nc(NC(=S)NC2CCCCCCC2)n1. The van der Waals surface area contributed by atoms with E-state index in [0.29, 0.717) is 22.9 Å². The Morgan fingerprint density at radius 1 is 1.04 bits per heavy atom. The Morgan fingerprint density at radius 3 is 2.41 bits per heavy atom. The molecule has 1 aliphatic rings. The van der Waals surface area contributed by atoms with Crippen LogP contribution in [0.25, 0.3) is 0 Å². The van der Waals surface area contributed by atoms with Crippen molar-refractivity contribution in [3.8, 4) is 0 Å². The largest absolute Gasteiger partial charge is 0.360 e. The van der Waals surface area contributed by atoms with E-state index in [9.17, 15) is 4.39 Å². The third kappa shape index (κ3) is 6.43. The second-order valence-electron chi connectivity index (χ2n) is 6.99. The van der Waals surface area contributed by atoms with Crippen LogP contribution < -0.4 is 16.0 Å². The van der Waals surface area contributed by atoms with E-state index in [2.05, 4.69) is 25.9 Å². The van der Waals surface area contributed by atoms with Gasteiger partial charge < -0.3 is 16.0 Å². The Hall–Kier alpha value is -2.28. The zero-order chi connectivity index (χ0) is 19.1. The zero-order valence-electron chi connectivity index (χ0n) is 15.6. The molecule has 1 heterocycles. The van der Waals surface area contributed by atoms with Crippen molar-refractivity contribution in [2.24, 2.45) is 0 Å². The summed E-state index contributed by atoms with van der Waals surface area (Å²) in [5, 5.41) is 10.2. The van der Waals surface area contributed by atoms with Crippen molar-refractivity contribution < 1.29 is 4.39 Å². The Bertz CT molecular complexity index is 757. The molecule has 0 aliphatic heterocycles. The van der Waals surface area contributed by atoms with E-state index < -0.39 is 0 Å². The molecule has 0 saturated heterocycles.